The van der Waals surface area contributed by atoms with Gasteiger partial charge in [0.15, 0.2) is 0 Å². The Labute approximate surface area is 137 Å². The maximum absolute atomic E-state index is 12.0. The first kappa shape index (κ1) is 15.8. The molecule has 110 valence electrons. The standard InChI is InChI=1S/C15H20Br2N2O/c1-10-7-12(16)15(13(17)8-10)18-9-14(20)19-11-5-3-2-4-6-11/h7-8,11,18H,2-6,9H2,1H3,(H,19,20). The highest BCUT2D eigenvalue weighted by molar-refractivity contribution is 9.11. The average molecular weight is 404 g/mol. The molecule has 0 atom stereocenters. The third-order valence-corrected chi connectivity index (χ3v) is 4.83. The zero-order valence-electron chi connectivity index (χ0n) is 11.6. The Bertz CT molecular complexity index is 462. The van der Waals surface area contributed by atoms with Crippen molar-refractivity contribution in [2.24, 2.45) is 0 Å². The van der Waals surface area contributed by atoms with Crippen LogP contribution >= 0.6 is 31.9 Å². The van der Waals surface area contributed by atoms with Gasteiger partial charge in [-0.25, -0.2) is 0 Å². The van der Waals surface area contributed by atoms with Crippen LogP contribution in [0.25, 0.3) is 0 Å². The Balaban J connectivity index is 1.87. The average Bonchev–Trinajstić information content (AvgIpc) is 2.38. The molecule has 20 heavy (non-hydrogen) atoms. The summed E-state index contributed by atoms with van der Waals surface area (Å²) in [6.45, 7) is 2.34. The van der Waals surface area contributed by atoms with Gasteiger partial charge in [0, 0.05) is 15.0 Å². The molecule has 1 aliphatic rings. The van der Waals surface area contributed by atoms with E-state index < -0.39 is 0 Å². The molecule has 0 unspecified atom stereocenters. The second kappa shape index (κ2) is 7.46. The maximum Gasteiger partial charge on any atom is 0.239 e. The first-order valence-corrected chi connectivity index (χ1v) is 8.64. The van der Waals surface area contributed by atoms with E-state index in [9.17, 15) is 4.79 Å². The van der Waals surface area contributed by atoms with E-state index in [4.69, 9.17) is 0 Å². The topological polar surface area (TPSA) is 41.1 Å². The van der Waals surface area contributed by atoms with Crippen LogP contribution in [-0.4, -0.2) is 18.5 Å². The molecule has 0 spiro atoms. The molecule has 3 nitrogen and oxygen atoms in total. The summed E-state index contributed by atoms with van der Waals surface area (Å²) in [5.74, 6) is 0.0660. The summed E-state index contributed by atoms with van der Waals surface area (Å²) in [6, 6.07) is 4.43. The van der Waals surface area contributed by atoms with Crippen LogP contribution in [0.2, 0.25) is 0 Å². The molecule has 1 aliphatic carbocycles. The summed E-state index contributed by atoms with van der Waals surface area (Å²) >= 11 is 7.04. The molecular weight excluding hydrogens is 384 g/mol. The monoisotopic (exact) mass is 402 g/mol. The fourth-order valence-corrected chi connectivity index (χ4v) is 4.26. The van der Waals surface area contributed by atoms with E-state index in [1.165, 1.54) is 24.8 Å². The molecule has 2 N–H and O–H groups in total. The van der Waals surface area contributed by atoms with Gasteiger partial charge in [0.1, 0.15) is 0 Å². The van der Waals surface area contributed by atoms with E-state index in [1.54, 1.807) is 0 Å². The smallest absolute Gasteiger partial charge is 0.239 e. The van der Waals surface area contributed by atoms with Gasteiger partial charge >= 0.3 is 0 Å². The number of hydrogen-bond donors (Lipinski definition) is 2. The molecule has 1 aromatic carbocycles. The Kier molecular flexibility index (Phi) is 5.90. The number of carbonyl (C=O) groups is 1. The van der Waals surface area contributed by atoms with Crippen molar-refractivity contribution in [3.8, 4) is 0 Å². The lowest BCUT2D eigenvalue weighted by Gasteiger charge is -2.23. The van der Waals surface area contributed by atoms with Gasteiger partial charge in [-0.1, -0.05) is 19.3 Å². The van der Waals surface area contributed by atoms with Gasteiger partial charge in [0.05, 0.1) is 12.2 Å². The minimum absolute atomic E-state index is 0.0660. The van der Waals surface area contributed by atoms with Crippen LogP contribution < -0.4 is 10.6 Å². The van der Waals surface area contributed by atoms with E-state index in [2.05, 4.69) is 42.5 Å². The highest BCUT2D eigenvalue weighted by Gasteiger charge is 2.16. The molecule has 1 amide bonds. The lowest BCUT2D eigenvalue weighted by molar-refractivity contribution is -0.120. The number of nitrogens with one attached hydrogen (secondary N) is 2. The molecule has 0 heterocycles. The number of rotatable bonds is 4. The van der Waals surface area contributed by atoms with Gasteiger partial charge in [-0.2, -0.15) is 0 Å². The molecule has 2 rings (SSSR count). The van der Waals surface area contributed by atoms with Crippen molar-refractivity contribution < 1.29 is 4.79 Å². The lowest BCUT2D eigenvalue weighted by Crippen LogP contribution is -2.39. The Morgan fingerprint density at radius 2 is 1.80 bits per heavy atom. The van der Waals surface area contributed by atoms with E-state index in [1.807, 2.05) is 19.1 Å². The van der Waals surface area contributed by atoms with Crippen molar-refractivity contribution in [2.75, 3.05) is 11.9 Å². The predicted molar refractivity (Wildman–Crippen MR) is 90.1 cm³/mol. The van der Waals surface area contributed by atoms with E-state index in [0.717, 1.165) is 27.5 Å². The highest BCUT2D eigenvalue weighted by atomic mass is 79.9. The minimum Gasteiger partial charge on any atom is -0.374 e. The summed E-state index contributed by atoms with van der Waals surface area (Å²) in [7, 11) is 0. The van der Waals surface area contributed by atoms with Crippen molar-refractivity contribution in [1.82, 2.24) is 5.32 Å². The zero-order chi connectivity index (χ0) is 14.5. The molecule has 0 bridgehead atoms. The molecule has 1 saturated carbocycles. The van der Waals surface area contributed by atoms with Crippen LogP contribution in [0, 0.1) is 6.92 Å². The van der Waals surface area contributed by atoms with Crippen molar-refractivity contribution >= 4 is 43.5 Å². The third-order valence-electron chi connectivity index (χ3n) is 3.58. The Hall–Kier alpha value is -0.550. The molecule has 0 saturated heterocycles. The number of hydrogen-bond acceptors (Lipinski definition) is 2. The van der Waals surface area contributed by atoms with Gasteiger partial charge in [0.2, 0.25) is 5.91 Å². The van der Waals surface area contributed by atoms with E-state index in [0.29, 0.717) is 12.6 Å². The van der Waals surface area contributed by atoms with Crippen LogP contribution in [0.3, 0.4) is 0 Å². The van der Waals surface area contributed by atoms with E-state index in [-0.39, 0.29) is 5.91 Å². The normalized spacial score (nSPS) is 15.9. The van der Waals surface area contributed by atoms with Crippen LogP contribution in [0.1, 0.15) is 37.7 Å². The zero-order valence-corrected chi connectivity index (χ0v) is 14.8. The number of halogens is 2. The summed E-state index contributed by atoms with van der Waals surface area (Å²) in [4.78, 5) is 12.0. The van der Waals surface area contributed by atoms with Gasteiger partial charge in [-0.05, 0) is 69.3 Å². The molecule has 0 aliphatic heterocycles. The summed E-state index contributed by atoms with van der Waals surface area (Å²) in [6.07, 6.45) is 5.99. The number of aryl methyl sites for hydroxylation is 1. The van der Waals surface area contributed by atoms with Crippen molar-refractivity contribution in [1.29, 1.82) is 0 Å². The molecule has 0 aromatic heterocycles. The van der Waals surface area contributed by atoms with Crippen molar-refractivity contribution in [3.05, 3.63) is 26.6 Å². The van der Waals surface area contributed by atoms with Crippen molar-refractivity contribution in [3.63, 3.8) is 0 Å². The van der Waals surface area contributed by atoms with Gasteiger partial charge in [-0.3, -0.25) is 4.79 Å². The summed E-state index contributed by atoms with van der Waals surface area (Å²) in [5.41, 5.74) is 2.09. The SMILES string of the molecule is Cc1cc(Br)c(NCC(=O)NC2CCCCC2)c(Br)c1. The number of carbonyl (C=O) groups excluding carboxylic acids is 1. The first-order valence-electron chi connectivity index (χ1n) is 7.05. The van der Waals surface area contributed by atoms with Crippen LogP contribution in [-0.2, 0) is 4.79 Å². The van der Waals surface area contributed by atoms with Crippen molar-refractivity contribution in [2.45, 2.75) is 45.1 Å². The fraction of sp³-hybridized carbons (Fsp3) is 0.533. The number of benzene rings is 1. The lowest BCUT2D eigenvalue weighted by atomic mass is 9.95. The highest BCUT2D eigenvalue weighted by Crippen LogP contribution is 2.32. The predicted octanol–water partition coefficient (Wildman–Crippen LogP) is 4.38. The fourth-order valence-electron chi connectivity index (χ4n) is 2.56. The minimum atomic E-state index is 0.0660. The Morgan fingerprint density at radius 1 is 1.20 bits per heavy atom. The maximum atomic E-state index is 12.0. The number of amides is 1. The van der Waals surface area contributed by atoms with Crippen LogP contribution in [0.15, 0.2) is 21.1 Å². The second-order valence-electron chi connectivity index (χ2n) is 5.36. The molecule has 1 fully saturated rings. The van der Waals surface area contributed by atoms with Crippen LogP contribution in [0.5, 0.6) is 0 Å². The summed E-state index contributed by atoms with van der Waals surface area (Å²) < 4.78 is 1.93. The molecule has 5 heteroatoms. The molecule has 1 aromatic rings. The van der Waals surface area contributed by atoms with Crippen LogP contribution in [0.4, 0.5) is 5.69 Å². The van der Waals surface area contributed by atoms with E-state index >= 15 is 0 Å². The summed E-state index contributed by atoms with van der Waals surface area (Å²) in [5, 5.41) is 6.30. The van der Waals surface area contributed by atoms with Gasteiger partial charge in [-0.15, -0.1) is 0 Å². The number of anilines is 1. The van der Waals surface area contributed by atoms with Gasteiger partial charge in [0.25, 0.3) is 0 Å². The molecule has 0 radical (unpaired) electrons. The largest absolute Gasteiger partial charge is 0.374 e. The quantitative estimate of drug-likeness (QED) is 0.782. The first-order chi connectivity index (χ1) is 9.56. The Morgan fingerprint density at radius 3 is 2.40 bits per heavy atom. The van der Waals surface area contributed by atoms with Gasteiger partial charge < -0.3 is 10.6 Å². The molecular formula is C15H20Br2N2O. The third kappa shape index (κ3) is 4.48. The second-order valence-corrected chi connectivity index (χ2v) is 7.07.